The van der Waals surface area contributed by atoms with Crippen LogP contribution >= 0.6 is 0 Å². The summed E-state index contributed by atoms with van der Waals surface area (Å²) in [7, 11) is 3.21. The van der Waals surface area contributed by atoms with E-state index in [4.69, 9.17) is 9.84 Å². The maximum atomic E-state index is 11.1. The normalized spacial score (nSPS) is 9.12. The van der Waals surface area contributed by atoms with Crippen LogP contribution in [0.15, 0.2) is 18.2 Å². The molecule has 4 nitrogen and oxygen atoms in total. The molecule has 0 saturated heterocycles. The number of benzene rings is 1. The van der Waals surface area contributed by atoms with Crippen LogP contribution in [-0.4, -0.2) is 31.8 Å². The van der Waals surface area contributed by atoms with Crippen LogP contribution in [0.4, 0.5) is 0 Å². The van der Waals surface area contributed by atoms with Gasteiger partial charge >= 0.3 is 5.97 Å². The van der Waals surface area contributed by atoms with Crippen molar-refractivity contribution in [3.8, 4) is 17.6 Å². The van der Waals surface area contributed by atoms with Crippen molar-refractivity contribution in [3.63, 3.8) is 0 Å². The van der Waals surface area contributed by atoms with Crippen molar-refractivity contribution in [2.75, 3.05) is 20.7 Å². The third kappa shape index (κ3) is 2.75. The average Bonchev–Trinajstić information content (AvgIpc) is 2.28. The lowest BCUT2D eigenvalue weighted by Crippen LogP contribution is -2.06. The van der Waals surface area contributed by atoms with Gasteiger partial charge in [-0.2, -0.15) is 0 Å². The van der Waals surface area contributed by atoms with Gasteiger partial charge in [0.25, 0.3) is 0 Å². The number of carboxylic acids is 1. The third-order valence-electron chi connectivity index (χ3n) is 1.95. The Bertz CT molecular complexity index is 443. The van der Waals surface area contributed by atoms with Crippen LogP contribution in [0, 0.1) is 11.8 Å². The highest BCUT2D eigenvalue weighted by Gasteiger charge is 2.14. The van der Waals surface area contributed by atoms with E-state index in [1.54, 1.807) is 25.2 Å². The van der Waals surface area contributed by atoms with E-state index in [1.165, 1.54) is 7.11 Å². The Labute approximate surface area is 94.2 Å². The van der Waals surface area contributed by atoms with Gasteiger partial charge in [-0.1, -0.05) is 17.9 Å². The molecule has 1 aromatic rings. The van der Waals surface area contributed by atoms with Crippen molar-refractivity contribution in [3.05, 3.63) is 29.3 Å². The molecule has 0 aromatic heterocycles. The van der Waals surface area contributed by atoms with Crippen LogP contribution in [0.2, 0.25) is 0 Å². The summed E-state index contributed by atoms with van der Waals surface area (Å²) in [6, 6.07) is 4.98. The zero-order valence-electron chi connectivity index (χ0n) is 9.20. The highest BCUT2D eigenvalue weighted by molar-refractivity contribution is 5.94. The van der Waals surface area contributed by atoms with E-state index in [2.05, 4.69) is 17.2 Å². The van der Waals surface area contributed by atoms with Crippen LogP contribution in [0.1, 0.15) is 15.9 Å². The lowest BCUT2D eigenvalue weighted by Gasteiger charge is -2.05. The number of ether oxygens (including phenoxy) is 1. The quantitative estimate of drug-likeness (QED) is 0.743. The van der Waals surface area contributed by atoms with E-state index < -0.39 is 5.97 Å². The van der Waals surface area contributed by atoms with Gasteiger partial charge in [-0.25, -0.2) is 4.79 Å². The van der Waals surface area contributed by atoms with Crippen LogP contribution in [0.5, 0.6) is 5.75 Å². The predicted octanol–water partition coefficient (Wildman–Crippen LogP) is 0.964. The van der Waals surface area contributed by atoms with Crippen LogP contribution in [0.25, 0.3) is 0 Å². The summed E-state index contributed by atoms with van der Waals surface area (Å²) in [4.78, 5) is 11.1. The second kappa shape index (κ2) is 5.79. The summed E-state index contributed by atoms with van der Waals surface area (Å²) in [6.07, 6.45) is 0. The molecular formula is C12H13NO3. The Balaban J connectivity index is 3.19. The van der Waals surface area contributed by atoms with Crippen LogP contribution < -0.4 is 10.1 Å². The number of rotatable bonds is 3. The molecule has 0 unspecified atom stereocenters. The minimum Gasteiger partial charge on any atom is -0.496 e. The molecule has 0 atom stereocenters. The Kier molecular flexibility index (Phi) is 4.37. The zero-order chi connectivity index (χ0) is 12.0. The summed E-state index contributed by atoms with van der Waals surface area (Å²) in [5.74, 6) is 4.90. The summed E-state index contributed by atoms with van der Waals surface area (Å²) in [6.45, 7) is 0.510. The van der Waals surface area contributed by atoms with Crippen molar-refractivity contribution in [1.29, 1.82) is 0 Å². The van der Waals surface area contributed by atoms with Crippen molar-refractivity contribution in [1.82, 2.24) is 5.32 Å². The summed E-state index contributed by atoms with van der Waals surface area (Å²) in [5.41, 5.74) is 0.565. The van der Waals surface area contributed by atoms with Gasteiger partial charge in [0.15, 0.2) is 0 Å². The fraction of sp³-hybridized carbons (Fsp3) is 0.250. The molecule has 4 heteroatoms. The Hall–Kier alpha value is -1.99. The van der Waals surface area contributed by atoms with Gasteiger partial charge in [0.1, 0.15) is 11.3 Å². The number of nitrogens with one attached hydrogen (secondary N) is 1. The summed E-state index contributed by atoms with van der Waals surface area (Å²) in [5, 5.41) is 11.9. The number of aromatic carboxylic acids is 1. The Morgan fingerprint density at radius 2 is 2.31 bits per heavy atom. The summed E-state index contributed by atoms with van der Waals surface area (Å²) >= 11 is 0. The fourth-order valence-corrected chi connectivity index (χ4v) is 1.25. The van der Waals surface area contributed by atoms with E-state index >= 15 is 0 Å². The molecule has 0 saturated carbocycles. The Morgan fingerprint density at radius 1 is 1.56 bits per heavy atom. The van der Waals surface area contributed by atoms with E-state index in [9.17, 15) is 4.79 Å². The van der Waals surface area contributed by atoms with Crippen molar-refractivity contribution in [2.45, 2.75) is 0 Å². The molecule has 16 heavy (non-hydrogen) atoms. The molecule has 2 N–H and O–H groups in total. The van der Waals surface area contributed by atoms with E-state index in [0.29, 0.717) is 17.9 Å². The maximum Gasteiger partial charge on any atom is 0.340 e. The first-order valence-electron chi connectivity index (χ1n) is 4.74. The van der Waals surface area contributed by atoms with Gasteiger partial charge < -0.3 is 15.2 Å². The number of carbonyl (C=O) groups is 1. The average molecular weight is 219 g/mol. The number of hydrogen-bond donors (Lipinski definition) is 2. The molecule has 1 rings (SSSR count). The molecule has 1 aromatic carbocycles. The minimum atomic E-state index is -1.04. The smallest absolute Gasteiger partial charge is 0.340 e. The number of carboxylic acid groups (broad SMARTS) is 1. The second-order valence-corrected chi connectivity index (χ2v) is 3.02. The topological polar surface area (TPSA) is 58.6 Å². The largest absolute Gasteiger partial charge is 0.496 e. The summed E-state index contributed by atoms with van der Waals surface area (Å²) < 4.78 is 4.99. The standard InChI is InChI=1S/C12H13NO3/c1-13-8-4-6-9-5-3-7-10(16-2)11(9)12(14)15/h3,5,7,13H,8H2,1-2H3,(H,14,15). The van der Waals surface area contributed by atoms with Gasteiger partial charge in [0, 0.05) is 5.56 Å². The van der Waals surface area contributed by atoms with Gasteiger partial charge in [-0.3, -0.25) is 0 Å². The lowest BCUT2D eigenvalue weighted by atomic mass is 10.1. The van der Waals surface area contributed by atoms with Gasteiger partial charge in [-0.15, -0.1) is 0 Å². The minimum absolute atomic E-state index is 0.105. The highest BCUT2D eigenvalue weighted by Crippen LogP contribution is 2.21. The molecular weight excluding hydrogens is 206 g/mol. The molecule has 0 aliphatic heterocycles. The molecule has 84 valence electrons. The second-order valence-electron chi connectivity index (χ2n) is 3.02. The van der Waals surface area contributed by atoms with Crippen molar-refractivity contribution < 1.29 is 14.6 Å². The molecule has 0 spiro atoms. The van der Waals surface area contributed by atoms with E-state index in [-0.39, 0.29) is 5.56 Å². The molecule has 0 aliphatic carbocycles. The number of hydrogen-bond acceptors (Lipinski definition) is 3. The van der Waals surface area contributed by atoms with Crippen molar-refractivity contribution in [2.24, 2.45) is 0 Å². The number of methoxy groups -OCH3 is 1. The third-order valence-corrected chi connectivity index (χ3v) is 1.95. The fourth-order valence-electron chi connectivity index (χ4n) is 1.25. The molecule has 0 heterocycles. The molecule has 0 fully saturated rings. The monoisotopic (exact) mass is 219 g/mol. The zero-order valence-corrected chi connectivity index (χ0v) is 9.20. The maximum absolute atomic E-state index is 11.1. The molecule has 0 aliphatic rings. The van der Waals surface area contributed by atoms with Gasteiger partial charge in [0.2, 0.25) is 0 Å². The Morgan fingerprint density at radius 3 is 2.88 bits per heavy atom. The molecule has 0 radical (unpaired) electrons. The van der Waals surface area contributed by atoms with Crippen LogP contribution in [0.3, 0.4) is 0 Å². The highest BCUT2D eigenvalue weighted by atomic mass is 16.5. The van der Waals surface area contributed by atoms with Crippen LogP contribution in [-0.2, 0) is 0 Å². The first-order valence-corrected chi connectivity index (χ1v) is 4.74. The van der Waals surface area contributed by atoms with Gasteiger partial charge in [0.05, 0.1) is 13.7 Å². The van der Waals surface area contributed by atoms with E-state index in [0.717, 1.165) is 0 Å². The first kappa shape index (κ1) is 12.1. The molecule has 0 amide bonds. The first-order chi connectivity index (χ1) is 7.70. The predicted molar refractivity (Wildman–Crippen MR) is 60.8 cm³/mol. The van der Waals surface area contributed by atoms with Crippen molar-refractivity contribution >= 4 is 5.97 Å². The SMILES string of the molecule is CNCC#Cc1cccc(OC)c1C(=O)O. The lowest BCUT2D eigenvalue weighted by molar-refractivity contribution is 0.0693. The van der Waals surface area contributed by atoms with Gasteiger partial charge in [-0.05, 0) is 19.2 Å². The molecule has 0 bridgehead atoms. The van der Waals surface area contributed by atoms with E-state index in [1.807, 2.05) is 0 Å².